The smallest absolute Gasteiger partial charge is 0.329 e. The molecule has 1 aliphatic rings. The predicted octanol–water partition coefficient (Wildman–Crippen LogP) is 2.72. The van der Waals surface area contributed by atoms with E-state index in [0.29, 0.717) is 25.2 Å². The van der Waals surface area contributed by atoms with Gasteiger partial charge in [0.2, 0.25) is 5.91 Å². The molecule has 2 N–H and O–H groups in total. The van der Waals surface area contributed by atoms with E-state index >= 15 is 0 Å². The standard InChI is InChI=1S/C14H25NO3/c1-3-11(4-2)10-12(16)15-14(13(17)18)8-6-5-7-9-14/h11H,3-10H2,1-2H3,(H,15,16)(H,17,18). The van der Waals surface area contributed by atoms with E-state index in [1.54, 1.807) is 0 Å². The fourth-order valence-corrected chi connectivity index (χ4v) is 2.71. The fourth-order valence-electron chi connectivity index (χ4n) is 2.71. The number of rotatable bonds is 6. The van der Waals surface area contributed by atoms with Crippen molar-refractivity contribution in [1.29, 1.82) is 0 Å². The van der Waals surface area contributed by atoms with Crippen LogP contribution in [-0.2, 0) is 9.59 Å². The summed E-state index contributed by atoms with van der Waals surface area (Å²) in [5.74, 6) is -0.618. The van der Waals surface area contributed by atoms with Crippen LogP contribution >= 0.6 is 0 Å². The maximum Gasteiger partial charge on any atom is 0.329 e. The first-order valence-corrected chi connectivity index (χ1v) is 7.08. The molecule has 104 valence electrons. The molecule has 1 aliphatic carbocycles. The van der Waals surface area contributed by atoms with E-state index in [2.05, 4.69) is 19.2 Å². The van der Waals surface area contributed by atoms with E-state index in [9.17, 15) is 14.7 Å². The molecule has 4 heteroatoms. The largest absolute Gasteiger partial charge is 0.480 e. The zero-order valence-corrected chi connectivity index (χ0v) is 11.5. The van der Waals surface area contributed by atoms with Crippen molar-refractivity contribution in [2.45, 2.75) is 70.8 Å². The van der Waals surface area contributed by atoms with Crippen LogP contribution in [0.25, 0.3) is 0 Å². The highest BCUT2D eigenvalue weighted by Crippen LogP contribution is 2.29. The monoisotopic (exact) mass is 255 g/mol. The van der Waals surface area contributed by atoms with Crippen molar-refractivity contribution in [3.8, 4) is 0 Å². The molecule has 0 aromatic heterocycles. The Morgan fingerprint density at radius 3 is 2.17 bits per heavy atom. The van der Waals surface area contributed by atoms with E-state index < -0.39 is 11.5 Å². The number of aliphatic carboxylic acids is 1. The molecule has 0 spiro atoms. The highest BCUT2D eigenvalue weighted by atomic mass is 16.4. The van der Waals surface area contributed by atoms with Gasteiger partial charge in [-0.2, -0.15) is 0 Å². The quantitative estimate of drug-likeness (QED) is 0.767. The van der Waals surface area contributed by atoms with Gasteiger partial charge in [-0.3, -0.25) is 4.79 Å². The zero-order chi connectivity index (χ0) is 13.6. The average Bonchev–Trinajstić information content (AvgIpc) is 2.36. The third-order valence-electron chi connectivity index (χ3n) is 4.12. The lowest BCUT2D eigenvalue weighted by Crippen LogP contribution is -2.55. The molecule has 1 amide bonds. The van der Waals surface area contributed by atoms with Crippen LogP contribution in [0.1, 0.15) is 65.2 Å². The van der Waals surface area contributed by atoms with Gasteiger partial charge in [0.1, 0.15) is 5.54 Å². The topological polar surface area (TPSA) is 66.4 Å². The molecule has 0 bridgehead atoms. The van der Waals surface area contributed by atoms with Crippen LogP contribution in [0.2, 0.25) is 0 Å². The van der Waals surface area contributed by atoms with Gasteiger partial charge in [-0.05, 0) is 18.8 Å². The van der Waals surface area contributed by atoms with E-state index in [1.807, 2.05) is 0 Å². The van der Waals surface area contributed by atoms with Crippen LogP contribution < -0.4 is 5.32 Å². The summed E-state index contributed by atoms with van der Waals surface area (Å²) in [7, 11) is 0. The Hall–Kier alpha value is -1.06. The summed E-state index contributed by atoms with van der Waals surface area (Å²) in [4.78, 5) is 23.4. The Morgan fingerprint density at radius 2 is 1.72 bits per heavy atom. The van der Waals surface area contributed by atoms with Crippen molar-refractivity contribution in [1.82, 2.24) is 5.32 Å². The number of hydrogen-bond donors (Lipinski definition) is 2. The van der Waals surface area contributed by atoms with Crippen molar-refractivity contribution < 1.29 is 14.7 Å². The second-order valence-corrected chi connectivity index (χ2v) is 5.38. The van der Waals surface area contributed by atoms with E-state index in [-0.39, 0.29) is 5.91 Å². The highest BCUT2D eigenvalue weighted by molar-refractivity contribution is 5.87. The molecule has 0 aromatic rings. The maximum atomic E-state index is 12.0. The van der Waals surface area contributed by atoms with Crippen LogP contribution in [0, 0.1) is 5.92 Å². The maximum absolute atomic E-state index is 12.0. The van der Waals surface area contributed by atoms with Gasteiger partial charge in [0.15, 0.2) is 0 Å². The molecule has 0 radical (unpaired) electrons. The lowest BCUT2D eigenvalue weighted by molar-refractivity contribution is -0.149. The van der Waals surface area contributed by atoms with E-state index in [0.717, 1.165) is 32.1 Å². The average molecular weight is 255 g/mol. The number of carboxylic acid groups (broad SMARTS) is 1. The van der Waals surface area contributed by atoms with Gasteiger partial charge in [-0.15, -0.1) is 0 Å². The molecule has 0 heterocycles. The minimum atomic E-state index is -0.999. The van der Waals surface area contributed by atoms with Gasteiger partial charge in [0.05, 0.1) is 0 Å². The van der Waals surface area contributed by atoms with Crippen LogP contribution in [-0.4, -0.2) is 22.5 Å². The Bertz CT molecular complexity index is 291. The molecule has 0 saturated heterocycles. The van der Waals surface area contributed by atoms with Gasteiger partial charge in [-0.1, -0.05) is 46.0 Å². The number of nitrogens with one attached hydrogen (secondary N) is 1. The van der Waals surface area contributed by atoms with Crippen molar-refractivity contribution >= 4 is 11.9 Å². The van der Waals surface area contributed by atoms with Crippen molar-refractivity contribution in [2.75, 3.05) is 0 Å². The third-order valence-corrected chi connectivity index (χ3v) is 4.12. The Labute approximate surface area is 109 Å². The van der Waals surface area contributed by atoms with Gasteiger partial charge in [-0.25, -0.2) is 4.79 Å². The van der Waals surface area contributed by atoms with Crippen LogP contribution in [0.5, 0.6) is 0 Å². The number of amides is 1. The zero-order valence-electron chi connectivity index (χ0n) is 11.5. The Balaban J connectivity index is 2.61. The fraction of sp³-hybridized carbons (Fsp3) is 0.857. The minimum Gasteiger partial charge on any atom is -0.480 e. The van der Waals surface area contributed by atoms with E-state index in [4.69, 9.17) is 0 Å². The molecule has 0 atom stereocenters. The van der Waals surface area contributed by atoms with Crippen molar-refractivity contribution in [3.05, 3.63) is 0 Å². The van der Waals surface area contributed by atoms with Crippen LogP contribution in [0.3, 0.4) is 0 Å². The van der Waals surface area contributed by atoms with Crippen molar-refractivity contribution in [3.63, 3.8) is 0 Å². The van der Waals surface area contributed by atoms with Crippen LogP contribution in [0.15, 0.2) is 0 Å². The number of carbonyl (C=O) groups excluding carboxylic acids is 1. The lowest BCUT2D eigenvalue weighted by atomic mass is 9.81. The normalized spacial score (nSPS) is 18.6. The Kier molecular flexibility index (Phi) is 5.63. The lowest BCUT2D eigenvalue weighted by Gasteiger charge is -2.34. The van der Waals surface area contributed by atoms with Crippen molar-refractivity contribution in [2.24, 2.45) is 5.92 Å². The third kappa shape index (κ3) is 3.72. The van der Waals surface area contributed by atoms with Crippen LogP contribution in [0.4, 0.5) is 0 Å². The molecule has 0 unspecified atom stereocenters. The second-order valence-electron chi connectivity index (χ2n) is 5.38. The molecule has 1 saturated carbocycles. The molecule has 0 aliphatic heterocycles. The summed E-state index contributed by atoms with van der Waals surface area (Å²) in [6, 6.07) is 0. The first-order valence-electron chi connectivity index (χ1n) is 7.08. The molecule has 18 heavy (non-hydrogen) atoms. The summed E-state index contributed by atoms with van der Waals surface area (Å²) in [6.45, 7) is 4.13. The Morgan fingerprint density at radius 1 is 1.17 bits per heavy atom. The first-order chi connectivity index (χ1) is 8.54. The highest BCUT2D eigenvalue weighted by Gasteiger charge is 2.40. The molecule has 1 fully saturated rings. The van der Waals surface area contributed by atoms with Gasteiger partial charge < -0.3 is 10.4 Å². The predicted molar refractivity (Wildman–Crippen MR) is 70.3 cm³/mol. The molecular formula is C14H25NO3. The SMILES string of the molecule is CCC(CC)CC(=O)NC1(C(=O)O)CCCCC1. The summed E-state index contributed by atoms with van der Waals surface area (Å²) in [6.07, 6.45) is 6.34. The molecule has 4 nitrogen and oxygen atoms in total. The minimum absolute atomic E-state index is 0.104. The summed E-state index contributed by atoms with van der Waals surface area (Å²) >= 11 is 0. The summed E-state index contributed by atoms with van der Waals surface area (Å²) < 4.78 is 0. The summed E-state index contributed by atoms with van der Waals surface area (Å²) in [5, 5.41) is 12.2. The first kappa shape index (κ1) is 15.0. The van der Waals surface area contributed by atoms with Gasteiger partial charge in [0.25, 0.3) is 0 Å². The van der Waals surface area contributed by atoms with Gasteiger partial charge >= 0.3 is 5.97 Å². The molecular weight excluding hydrogens is 230 g/mol. The number of carbonyl (C=O) groups is 2. The summed E-state index contributed by atoms with van der Waals surface area (Å²) in [5.41, 5.74) is -0.999. The van der Waals surface area contributed by atoms with E-state index in [1.165, 1.54) is 0 Å². The second kappa shape index (κ2) is 6.76. The molecule has 0 aromatic carbocycles. The number of hydrogen-bond acceptors (Lipinski definition) is 2. The van der Waals surface area contributed by atoms with Gasteiger partial charge in [0, 0.05) is 6.42 Å². The molecule has 1 rings (SSSR count). The number of carboxylic acids is 1.